The Morgan fingerprint density at radius 3 is 2.76 bits per heavy atom. The highest BCUT2D eigenvalue weighted by atomic mass is 16.3. The molecule has 112 valence electrons. The van der Waals surface area contributed by atoms with Crippen LogP contribution in [0.5, 0.6) is 0 Å². The third kappa shape index (κ3) is 3.49. The van der Waals surface area contributed by atoms with Crippen LogP contribution < -0.4 is 5.43 Å². The van der Waals surface area contributed by atoms with Crippen molar-refractivity contribution in [2.75, 3.05) is 20.2 Å². The van der Waals surface area contributed by atoms with Gasteiger partial charge in [0.25, 0.3) is 5.91 Å². The summed E-state index contributed by atoms with van der Waals surface area (Å²) in [4.78, 5) is 29.2. The van der Waals surface area contributed by atoms with E-state index in [0.717, 1.165) is 24.8 Å². The molecule has 0 saturated heterocycles. The van der Waals surface area contributed by atoms with Crippen molar-refractivity contribution in [1.82, 2.24) is 9.88 Å². The SMILES string of the molecule is CN(CCCCCO)C(=O)c1c[nH]c2ccccc2c1=O. The van der Waals surface area contributed by atoms with Gasteiger partial charge in [-0.1, -0.05) is 12.1 Å². The number of pyridine rings is 1. The summed E-state index contributed by atoms with van der Waals surface area (Å²) in [6, 6.07) is 7.15. The Balaban J connectivity index is 2.16. The summed E-state index contributed by atoms with van der Waals surface area (Å²) in [5.41, 5.74) is 0.652. The van der Waals surface area contributed by atoms with Gasteiger partial charge in [0.05, 0.1) is 0 Å². The number of fused-ring (bicyclic) bond motifs is 1. The fourth-order valence-corrected chi connectivity index (χ4v) is 2.27. The van der Waals surface area contributed by atoms with Crippen molar-refractivity contribution in [3.8, 4) is 0 Å². The number of carbonyl (C=O) groups is 1. The second-order valence-electron chi connectivity index (χ2n) is 5.09. The normalized spacial score (nSPS) is 10.8. The van der Waals surface area contributed by atoms with Crippen molar-refractivity contribution in [2.24, 2.45) is 0 Å². The van der Waals surface area contributed by atoms with E-state index in [1.807, 2.05) is 12.1 Å². The van der Waals surface area contributed by atoms with Gasteiger partial charge in [-0.05, 0) is 31.4 Å². The average molecular weight is 288 g/mol. The molecule has 2 aromatic rings. The van der Waals surface area contributed by atoms with Crippen LogP contribution in [0.4, 0.5) is 0 Å². The van der Waals surface area contributed by atoms with E-state index in [1.54, 1.807) is 24.1 Å². The molecule has 5 heteroatoms. The molecule has 0 spiro atoms. The number of aliphatic hydroxyl groups is 1. The molecule has 1 amide bonds. The molecule has 0 bridgehead atoms. The third-order valence-electron chi connectivity index (χ3n) is 3.52. The molecule has 1 heterocycles. The first-order chi connectivity index (χ1) is 10.1. The number of carbonyl (C=O) groups excluding carboxylic acids is 1. The summed E-state index contributed by atoms with van der Waals surface area (Å²) in [6.45, 7) is 0.743. The summed E-state index contributed by atoms with van der Waals surface area (Å²) >= 11 is 0. The number of aromatic nitrogens is 1. The number of benzene rings is 1. The lowest BCUT2D eigenvalue weighted by molar-refractivity contribution is 0.0790. The molecule has 5 nitrogen and oxygen atoms in total. The predicted molar refractivity (Wildman–Crippen MR) is 82.5 cm³/mol. The van der Waals surface area contributed by atoms with Crippen LogP contribution in [-0.4, -0.2) is 41.1 Å². The van der Waals surface area contributed by atoms with E-state index in [4.69, 9.17) is 5.11 Å². The molecule has 0 radical (unpaired) electrons. The molecule has 1 aromatic carbocycles. The molecule has 0 atom stereocenters. The number of amides is 1. The molecule has 1 aromatic heterocycles. The number of aliphatic hydroxyl groups excluding tert-OH is 1. The van der Waals surface area contributed by atoms with Gasteiger partial charge in [-0.15, -0.1) is 0 Å². The van der Waals surface area contributed by atoms with Crippen molar-refractivity contribution in [3.63, 3.8) is 0 Å². The lowest BCUT2D eigenvalue weighted by Crippen LogP contribution is -2.31. The number of rotatable bonds is 6. The molecule has 0 aliphatic carbocycles. The molecule has 0 aliphatic rings. The molecule has 0 unspecified atom stereocenters. The molecule has 0 saturated carbocycles. The summed E-state index contributed by atoms with van der Waals surface area (Å²) < 4.78 is 0. The molecule has 2 N–H and O–H groups in total. The molecular formula is C16H20N2O3. The number of H-pyrrole nitrogens is 1. The van der Waals surface area contributed by atoms with Crippen molar-refractivity contribution in [2.45, 2.75) is 19.3 Å². The van der Waals surface area contributed by atoms with Gasteiger partial charge in [0.1, 0.15) is 5.56 Å². The van der Waals surface area contributed by atoms with Gasteiger partial charge >= 0.3 is 0 Å². The van der Waals surface area contributed by atoms with Gasteiger partial charge in [-0.3, -0.25) is 9.59 Å². The quantitative estimate of drug-likeness (QED) is 0.796. The van der Waals surface area contributed by atoms with Crippen LogP contribution in [0.25, 0.3) is 10.9 Å². The first kappa shape index (κ1) is 15.3. The van der Waals surface area contributed by atoms with Gasteiger partial charge in [0.15, 0.2) is 0 Å². The maximum absolute atomic E-state index is 12.4. The topological polar surface area (TPSA) is 73.4 Å². The maximum atomic E-state index is 12.4. The van der Waals surface area contributed by atoms with Crippen molar-refractivity contribution in [1.29, 1.82) is 0 Å². The van der Waals surface area contributed by atoms with Crippen LogP contribution in [-0.2, 0) is 0 Å². The monoisotopic (exact) mass is 288 g/mol. The van der Waals surface area contributed by atoms with Crippen LogP contribution in [0.1, 0.15) is 29.6 Å². The number of hydrogen-bond donors (Lipinski definition) is 2. The van der Waals surface area contributed by atoms with E-state index in [2.05, 4.69) is 4.98 Å². The van der Waals surface area contributed by atoms with Crippen molar-refractivity contribution < 1.29 is 9.90 Å². The molecule has 21 heavy (non-hydrogen) atoms. The Morgan fingerprint density at radius 1 is 1.24 bits per heavy atom. The minimum Gasteiger partial charge on any atom is -0.396 e. The Morgan fingerprint density at radius 2 is 2.00 bits per heavy atom. The number of nitrogens with zero attached hydrogens (tertiary/aromatic N) is 1. The minimum atomic E-state index is -0.272. The van der Waals surface area contributed by atoms with E-state index in [0.29, 0.717) is 11.9 Å². The van der Waals surface area contributed by atoms with Crippen LogP contribution in [0, 0.1) is 0 Å². The number of aromatic amines is 1. The molecular weight excluding hydrogens is 268 g/mol. The smallest absolute Gasteiger partial charge is 0.259 e. The van der Waals surface area contributed by atoms with Crippen LogP contribution in [0.15, 0.2) is 35.3 Å². The fourth-order valence-electron chi connectivity index (χ4n) is 2.27. The highest BCUT2D eigenvalue weighted by Crippen LogP contribution is 2.08. The number of hydrogen-bond acceptors (Lipinski definition) is 3. The van der Waals surface area contributed by atoms with E-state index in [9.17, 15) is 9.59 Å². The standard InChI is InChI=1S/C16H20N2O3/c1-18(9-5-2-6-10-19)16(21)13-11-17-14-8-4-3-7-12(14)15(13)20/h3-4,7-8,11,19H,2,5-6,9-10H2,1H3,(H,17,20). The van der Waals surface area contributed by atoms with E-state index in [-0.39, 0.29) is 23.5 Å². The zero-order valence-corrected chi connectivity index (χ0v) is 12.1. The number of para-hydroxylation sites is 1. The van der Waals surface area contributed by atoms with E-state index >= 15 is 0 Å². The largest absolute Gasteiger partial charge is 0.396 e. The summed E-state index contributed by atoms with van der Waals surface area (Å²) in [6.07, 6.45) is 3.90. The van der Waals surface area contributed by atoms with E-state index < -0.39 is 0 Å². The van der Waals surface area contributed by atoms with Crippen LogP contribution in [0.2, 0.25) is 0 Å². The van der Waals surface area contributed by atoms with Gasteiger partial charge in [-0.2, -0.15) is 0 Å². The van der Waals surface area contributed by atoms with Crippen LogP contribution in [0.3, 0.4) is 0 Å². The zero-order chi connectivity index (χ0) is 15.2. The summed E-state index contributed by atoms with van der Waals surface area (Å²) in [5, 5.41) is 9.25. The molecule has 0 aliphatic heterocycles. The Hall–Kier alpha value is -2.14. The molecule has 0 fully saturated rings. The minimum absolute atomic E-state index is 0.165. The first-order valence-corrected chi connectivity index (χ1v) is 7.12. The van der Waals surface area contributed by atoms with Crippen molar-refractivity contribution in [3.05, 3.63) is 46.2 Å². The predicted octanol–water partition coefficient (Wildman–Crippen LogP) is 1.76. The summed E-state index contributed by atoms with van der Waals surface area (Å²) in [5.74, 6) is -0.272. The third-order valence-corrected chi connectivity index (χ3v) is 3.52. The van der Waals surface area contributed by atoms with Gasteiger partial charge in [0, 0.05) is 37.3 Å². The second-order valence-corrected chi connectivity index (χ2v) is 5.09. The molecule has 2 rings (SSSR count). The average Bonchev–Trinajstić information content (AvgIpc) is 2.51. The van der Waals surface area contributed by atoms with Gasteiger partial charge in [-0.25, -0.2) is 0 Å². The summed E-state index contributed by atoms with van der Waals surface area (Å²) in [7, 11) is 1.69. The Bertz CT molecular complexity index is 679. The lowest BCUT2D eigenvalue weighted by atomic mass is 10.1. The number of unbranched alkanes of at least 4 members (excludes halogenated alkanes) is 2. The van der Waals surface area contributed by atoms with Crippen molar-refractivity contribution >= 4 is 16.8 Å². The second kappa shape index (κ2) is 7.04. The Kier molecular flexibility index (Phi) is 5.11. The van der Waals surface area contributed by atoms with E-state index in [1.165, 1.54) is 6.20 Å². The fraction of sp³-hybridized carbons (Fsp3) is 0.375. The Labute approximate surface area is 123 Å². The first-order valence-electron chi connectivity index (χ1n) is 7.12. The zero-order valence-electron chi connectivity index (χ0n) is 12.1. The van der Waals surface area contributed by atoms with Gasteiger partial charge in [0.2, 0.25) is 5.43 Å². The highest BCUT2D eigenvalue weighted by molar-refractivity contribution is 5.96. The van der Waals surface area contributed by atoms with Gasteiger partial charge < -0.3 is 15.0 Å². The van der Waals surface area contributed by atoms with Crippen LogP contribution >= 0.6 is 0 Å². The number of nitrogens with one attached hydrogen (secondary N) is 1. The lowest BCUT2D eigenvalue weighted by Gasteiger charge is -2.16. The highest BCUT2D eigenvalue weighted by Gasteiger charge is 2.16. The maximum Gasteiger partial charge on any atom is 0.259 e.